The first-order valence-corrected chi connectivity index (χ1v) is 4.34. The van der Waals surface area contributed by atoms with Gasteiger partial charge in [0.05, 0.1) is 11.4 Å². The summed E-state index contributed by atoms with van der Waals surface area (Å²) < 4.78 is 0. The van der Waals surface area contributed by atoms with Crippen molar-refractivity contribution in [3.05, 3.63) is 0 Å². The van der Waals surface area contributed by atoms with Crippen molar-refractivity contribution in [2.24, 2.45) is 20.8 Å². The van der Waals surface area contributed by atoms with Crippen LogP contribution in [-0.2, 0) is 0 Å². The van der Waals surface area contributed by atoms with E-state index in [-0.39, 0.29) is 10.8 Å². The molecule has 0 unspecified atom stereocenters. The topological polar surface area (TPSA) is 72.3 Å². The molecule has 0 aromatic rings. The monoisotopic (exact) mass is 188 g/mol. The van der Waals surface area contributed by atoms with E-state index in [0.29, 0.717) is 0 Å². The molecule has 0 radical (unpaired) electrons. The van der Waals surface area contributed by atoms with Crippen LogP contribution in [0.3, 0.4) is 0 Å². The van der Waals surface area contributed by atoms with Crippen LogP contribution in [0.25, 0.3) is 0 Å². The third kappa shape index (κ3) is 1.12. The fourth-order valence-corrected chi connectivity index (χ4v) is 2.38. The zero-order valence-electron chi connectivity index (χ0n) is 8.79. The van der Waals surface area contributed by atoms with Gasteiger partial charge in [0.2, 0.25) is 12.4 Å². The first-order chi connectivity index (χ1) is 6.39. The molecule has 72 valence electrons. The molecule has 0 bridgehead atoms. The minimum atomic E-state index is -0.352. The number of rotatable bonds is 0. The highest BCUT2D eigenvalue weighted by Gasteiger charge is 2.56. The Kier molecular flexibility index (Phi) is 2.17. The molecular formula is C10H12N4. The van der Waals surface area contributed by atoms with Crippen LogP contribution in [0.1, 0.15) is 27.7 Å². The highest BCUT2D eigenvalue weighted by molar-refractivity contribution is 6.34. The Bertz CT molecular complexity index is 343. The second-order valence-corrected chi connectivity index (χ2v) is 4.37. The van der Waals surface area contributed by atoms with Gasteiger partial charge in [-0.15, -0.1) is 0 Å². The van der Waals surface area contributed by atoms with E-state index in [1.54, 1.807) is 12.4 Å². The van der Waals surface area contributed by atoms with Crippen LogP contribution in [0.15, 0.2) is 9.98 Å². The standard InChI is InChI=1S/C10H12N4/c1-9(2)7(13-5-11)10(3,4)8(9)14-6-12/h1-4H3. The predicted octanol–water partition coefficient (Wildman–Crippen LogP) is 1.90. The molecule has 0 spiro atoms. The fraction of sp³-hybridized carbons (Fsp3) is 0.600. The van der Waals surface area contributed by atoms with Crippen molar-refractivity contribution < 1.29 is 0 Å². The second kappa shape index (κ2) is 2.92. The molecule has 0 aromatic carbocycles. The average molecular weight is 188 g/mol. The molecule has 4 nitrogen and oxygen atoms in total. The SMILES string of the molecule is CC1(C)C(=NC#N)C(C)(C)C1=NC#N. The van der Waals surface area contributed by atoms with Gasteiger partial charge in [-0.3, -0.25) is 0 Å². The normalized spacial score (nSPS) is 21.6. The van der Waals surface area contributed by atoms with Crippen LogP contribution in [0.4, 0.5) is 0 Å². The lowest BCUT2D eigenvalue weighted by molar-refractivity contribution is 0.491. The van der Waals surface area contributed by atoms with Crippen LogP contribution in [0.5, 0.6) is 0 Å². The predicted molar refractivity (Wildman–Crippen MR) is 53.7 cm³/mol. The highest BCUT2D eigenvalue weighted by atomic mass is 14.9. The number of nitriles is 2. The van der Waals surface area contributed by atoms with E-state index in [1.807, 2.05) is 27.7 Å². The zero-order chi connectivity index (χ0) is 11.0. The second-order valence-electron chi connectivity index (χ2n) is 4.37. The molecule has 1 saturated carbocycles. The van der Waals surface area contributed by atoms with Crippen LogP contribution in [0, 0.1) is 33.7 Å². The fourth-order valence-electron chi connectivity index (χ4n) is 2.38. The Balaban J connectivity index is 3.24. The Morgan fingerprint density at radius 1 is 0.857 bits per heavy atom. The molecule has 0 aliphatic heterocycles. The van der Waals surface area contributed by atoms with Gasteiger partial charge in [-0.05, 0) is 27.7 Å². The quantitative estimate of drug-likeness (QED) is 0.544. The van der Waals surface area contributed by atoms with Gasteiger partial charge in [-0.25, -0.2) is 0 Å². The number of hydrogen-bond donors (Lipinski definition) is 0. The summed E-state index contributed by atoms with van der Waals surface area (Å²) in [7, 11) is 0. The molecule has 4 heteroatoms. The van der Waals surface area contributed by atoms with E-state index in [0.717, 1.165) is 11.4 Å². The van der Waals surface area contributed by atoms with Crippen molar-refractivity contribution in [3.8, 4) is 12.4 Å². The van der Waals surface area contributed by atoms with E-state index in [4.69, 9.17) is 10.5 Å². The average Bonchev–Trinajstić information content (AvgIpc) is 2.09. The molecule has 1 aliphatic rings. The van der Waals surface area contributed by atoms with Crippen molar-refractivity contribution in [3.63, 3.8) is 0 Å². The lowest BCUT2D eigenvalue weighted by atomic mass is 9.52. The Hall–Kier alpha value is -1.68. The van der Waals surface area contributed by atoms with E-state index < -0.39 is 0 Å². The number of aliphatic imine (C=N–C) groups is 2. The van der Waals surface area contributed by atoms with Crippen molar-refractivity contribution >= 4 is 11.4 Å². The van der Waals surface area contributed by atoms with Gasteiger partial charge in [0.15, 0.2) is 0 Å². The summed E-state index contributed by atoms with van der Waals surface area (Å²) in [5, 5.41) is 17.1. The largest absolute Gasteiger partial charge is 0.205 e. The zero-order valence-corrected chi connectivity index (χ0v) is 8.79. The van der Waals surface area contributed by atoms with Crippen molar-refractivity contribution in [2.45, 2.75) is 27.7 Å². The van der Waals surface area contributed by atoms with E-state index in [2.05, 4.69) is 9.98 Å². The molecule has 1 rings (SSSR count). The van der Waals surface area contributed by atoms with Crippen molar-refractivity contribution in [1.82, 2.24) is 0 Å². The maximum Gasteiger partial charge on any atom is 0.205 e. The van der Waals surface area contributed by atoms with Crippen LogP contribution < -0.4 is 0 Å². The molecule has 0 atom stereocenters. The first kappa shape index (κ1) is 10.4. The molecule has 0 heterocycles. The summed E-state index contributed by atoms with van der Waals surface area (Å²) in [6.07, 6.45) is 3.59. The summed E-state index contributed by atoms with van der Waals surface area (Å²) in [5.74, 6) is 0. The summed E-state index contributed by atoms with van der Waals surface area (Å²) in [5.41, 5.74) is 0.882. The Labute approximate surface area is 83.6 Å². The smallest absolute Gasteiger partial charge is 0.181 e. The van der Waals surface area contributed by atoms with Gasteiger partial charge in [-0.2, -0.15) is 20.5 Å². The Morgan fingerprint density at radius 2 is 1.14 bits per heavy atom. The maximum atomic E-state index is 8.54. The lowest BCUT2D eigenvalue weighted by Gasteiger charge is -2.50. The first-order valence-electron chi connectivity index (χ1n) is 4.34. The van der Waals surface area contributed by atoms with Gasteiger partial charge < -0.3 is 0 Å². The summed E-state index contributed by atoms with van der Waals surface area (Å²) in [6, 6.07) is 0. The number of nitrogens with zero attached hydrogens (tertiary/aromatic N) is 4. The third-order valence-corrected chi connectivity index (χ3v) is 2.69. The van der Waals surface area contributed by atoms with Crippen LogP contribution >= 0.6 is 0 Å². The maximum absolute atomic E-state index is 8.54. The van der Waals surface area contributed by atoms with Gasteiger partial charge in [0, 0.05) is 10.8 Å². The Morgan fingerprint density at radius 3 is 1.36 bits per heavy atom. The summed E-state index contributed by atoms with van der Waals surface area (Å²) in [6.45, 7) is 7.68. The van der Waals surface area contributed by atoms with Crippen LogP contribution in [-0.4, -0.2) is 11.4 Å². The molecule has 0 aromatic heterocycles. The van der Waals surface area contributed by atoms with E-state index >= 15 is 0 Å². The minimum Gasteiger partial charge on any atom is -0.181 e. The van der Waals surface area contributed by atoms with Gasteiger partial charge in [0.25, 0.3) is 0 Å². The van der Waals surface area contributed by atoms with Gasteiger partial charge >= 0.3 is 0 Å². The molecule has 1 aliphatic carbocycles. The molecule has 0 amide bonds. The van der Waals surface area contributed by atoms with E-state index in [9.17, 15) is 0 Å². The number of hydrogen-bond acceptors (Lipinski definition) is 4. The van der Waals surface area contributed by atoms with E-state index in [1.165, 1.54) is 0 Å². The molecule has 14 heavy (non-hydrogen) atoms. The third-order valence-electron chi connectivity index (χ3n) is 2.69. The molecule has 1 fully saturated rings. The van der Waals surface area contributed by atoms with Crippen molar-refractivity contribution in [1.29, 1.82) is 10.5 Å². The lowest BCUT2D eigenvalue weighted by Crippen LogP contribution is -2.61. The summed E-state index contributed by atoms with van der Waals surface area (Å²) >= 11 is 0. The molecular weight excluding hydrogens is 176 g/mol. The summed E-state index contributed by atoms with van der Waals surface area (Å²) in [4.78, 5) is 7.60. The van der Waals surface area contributed by atoms with Crippen LogP contribution in [0.2, 0.25) is 0 Å². The van der Waals surface area contributed by atoms with Crippen molar-refractivity contribution in [2.75, 3.05) is 0 Å². The molecule has 0 saturated heterocycles. The van der Waals surface area contributed by atoms with Gasteiger partial charge in [0.1, 0.15) is 0 Å². The van der Waals surface area contributed by atoms with Gasteiger partial charge in [-0.1, -0.05) is 0 Å². The minimum absolute atomic E-state index is 0.352. The highest BCUT2D eigenvalue weighted by Crippen LogP contribution is 2.48. The molecule has 0 N–H and O–H groups in total.